The smallest absolute Gasteiger partial charge is 0.146 e. The first-order valence-electron chi connectivity index (χ1n) is 5.39. The lowest BCUT2D eigenvalue weighted by Gasteiger charge is -2.13. The van der Waals surface area contributed by atoms with Crippen molar-refractivity contribution < 1.29 is 4.39 Å². The number of hydrogen-bond acceptors (Lipinski definition) is 2. The van der Waals surface area contributed by atoms with E-state index in [2.05, 4.69) is 19.2 Å². The Morgan fingerprint density at radius 2 is 2.25 bits per heavy atom. The second kappa shape index (κ2) is 7.15. The molecule has 0 radical (unpaired) electrons. The topological polar surface area (TPSA) is 12.0 Å². The van der Waals surface area contributed by atoms with Crippen LogP contribution in [0.25, 0.3) is 0 Å². The lowest BCUT2D eigenvalue weighted by atomic mass is 10.2. The van der Waals surface area contributed by atoms with Crippen molar-refractivity contribution in [2.45, 2.75) is 26.4 Å². The number of benzene rings is 1. The fourth-order valence-electron chi connectivity index (χ4n) is 1.32. The molecule has 0 fully saturated rings. The Labute approximate surface area is 106 Å². The molecule has 90 valence electrons. The van der Waals surface area contributed by atoms with Crippen molar-refractivity contribution in [3.8, 4) is 0 Å². The van der Waals surface area contributed by atoms with Crippen molar-refractivity contribution in [2.75, 3.05) is 11.5 Å². The van der Waals surface area contributed by atoms with Gasteiger partial charge in [-0.15, -0.1) is 0 Å². The molecule has 1 atom stereocenters. The molecule has 1 aromatic rings. The zero-order valence-corrected chi connectivity index (χ0v) is 11.2. The summed E-state index contributed by atoms with van der Waals surface area (Å²) in [5.74, 6) is 1.84. The van der Waals surface area contributed by atoms with Crippen LogP contribution in [-0.4, -0.2) is 17.5 Å². The van der Waals surface area contributed by atoms with Gasteiger partial charge in [0.15, 0.2) is 0 Å². The van der Waals surface area contributed by atoms with E-state index in [0.717, 1.165) is 11.5 Å². The molecule has 0 aliphatic rings. The Morgan fingerprint density at radius 3 is 2.94 bits per heavy atom. The summed E-state index contributed by atoms with van der Waals surface area (Å²) in [5, 5.41) is 3.47. The maximum Gasteiger partial charge on any atom is 0.146 e. The van der Waals surface area contributed by atoms with E-state index >= 15 is 0 Å². The van der Waals surface area contributed by atoms with Gasteiger partial charge < -0.3 is 5.32 Å². The number of thioether (sulfide) groups is 1. The van der Waals surface area contributed by atoms with Gasteiger partial charge in [-0.25, -0.2) is 4.39 Å². The Balaban J connectivity index is 2.45. The lowest BCUT2D eigenvalue weighted by molar-refractivity contribution is 0.557. The molecule has 0 saturated carbocycles. The predicted molar refractivity (Wildman–Crippen MR) is 70.7 cm³/mol. The maximum absolute atomic E-state index is 13.5. The highest BCUT2D eigenvalue weighted by atomic mass is 35.5. The molecule has 1 N–H and O–H groups in total. The lowest BCUT2D eigenvalue weighted by Crippen LogP contribution is -2.28. The molecule has 0 aromatic heterocycles. The third kappa shape index (κ3) is 4.32. The largest absolute Gasteiger partial charge is 0.309 e. The fraction of sp³-hybridized carbons (Fsp3) is 0.500. The third-order valence-electron chi connectivity index (χ3n) is 2.24. The van der Waals surface area contributed by atoms with Crippen molar-refractivity contribution in [3.63, 3.8) is 0 Å². The molecule has 1 rings (SSSR count). The number of rotatable bonds is 6. The van der Waals surface area contributed by atoms with Crippen LogP contribution in [0.3, 0.4) is 0 Å². The molecule has 1 nitrogen and oxygen atoms in total. The summed E-state index contributed by atoms with van der Waals surface area (Å²) in [6.07, 6.45) is 0. The van der Waals surface area contributed by atoms with Gasteiger partial charge in [-0.1, -0.05) is 30.7 Å². The molecular weight excluding hydrogens is 245 g/mol. The van der Waals surface area contributed by atoms with Gasteiger partial charge in [-0.2, -0.15) is 11.8 Å². The van der Waals surface area contributed by atoms with Crippen LogP contribution >= 0.6 is 23.4 Å². The van der Waals surface area contributed by atoms with Gasteiger partial charge >= 0.3 is 0 Å². The van der Waals surface area contributed by atoms with Crippen molar-refractivity contribution in [2.24, 2.45) is 0 Å². The molecule has 0 bridgehead atoms. The van der Waals surface area contributed by atoms with Gasteiger partial charge in [0.2, 0.25) is 0 Å². The van der Waals surface area contributed by atoms with Crippen LogP contribution in [-0.2, 0) is 6.54 Å². The zero-order valence-electron chi connectivity index (χ0n) is 9.59. The number of nitrogens with one attached hydrogen (secondary N) is 1. The van der Waals surface area contributed by atoms with Crippen molar-refractivity contribution in [1.82, 2.24) is 5.32 Å². The summed E-state index contributed by atoms with van der Waals surface area (Å²) in [6, 6.07) is 5.47. The first-order chi connectivity index (χ1) is 7.65. The van der Waals surface area contributed by atoms with Crippen LogP contribution in [0.2, 0.25) is 5.02 Å². The average molecular weight is 262 g/mol. The van der Waals surface area contributed by atoms with E-state index in [0.29, 0.717) is 18.2 Å². The highest BCUT2D eigenvalue weighted by Crippen LogP contribution is 2.17. The van der Waals surface area contributed by atoms with E-state index in [4.69, 9.17) is 11.6 Å². The minimum atomic E-state index is -0.313. The molecule has 0 amide bonds. The third-order valence-corrected chi connectivity index (χ3v) is 3.68. The summed E-state index contributed by atoms with van der Waals surface area (Å²) in [7, 11) is 0. The van der Waals surface area contributed by atoms with E-state index in [1.807, 2.05) is 11.8 Å². The summed E-state index contributed by atoms with van der Waals surface area (Å²) < 4.78 is 13.5. The molecule has 0 saturated heterocycles. The van der Waals surface area contributed by atoms with E-state index in [9.17, 15) is 4.39 Å². The average Bonchev–Trinajstić information content (AvgIpc) is 2.28. The molecule has 1 aromatic carbocycles. The van der Waals surface area contributed by atoms with E-state index in [1.165, 1.54) is 0 Å². The molecule has 4 heteroatoms. The standard InChI is InChI=1S/C12H17ClFNS/c1-3-16-8-9(2)15-7-10-5-4-6-11(13)12(10)14/h4-6,9,15H,3,7-8H2,1-2H3. The van der Waals surface area contributed by atoms with E-state index in [1.54, 1.807) is 18.2 Å². The number of hydrogen-bond donors (Lipinski definition) is 1. The van der Waals surface area contributed by atoms with Crippen molar-refractivity contribution >= 4 is 23.4 Å². The van der Waals surface area contributed by atoms with Gasteiger partial charge in [0.05, 0.1) is 5.02 Å². The Hall–Kier alpha value is -0.250. The SMILES string of the molecule is CCSCC(C)NCc1cccc(Cl)c1F. The van der Waals surface area contributed by atoms with Gasteiger partial charge in [0, 0.05) is 23.9 Å². The maximum atomic E-state index is 13.5. The van der Waals surface area contributed by atoms with E-state index in [-0.39, 0.29) is 10.8 Å². The van der Waals surface area contributed by atoms with Crippen LogP contribution in [0.4, 0.5) is 4.39 Å². The van der Waals surface area contributed by atoms with Crippen LogP contribution in [0.5, 0.6) is 0 Å². The normalized spacial score (nSPS) is 12.8. The fourth-order valence-corrected chi connectivity index (χ4v) is 2.22. The Kier molecular flexibility index (Phi) is 6.17. The minimum Gasteiger partial charge on any atom is -0.309 e. The summed E-state index contributed by atoms with van der Waals surface area (Å²) in [5.41, 5.74) is 0.626. The van der Waals surface area contributed by atoms with Gasteiger partial charge in [-0.3, -0.25) is 0 Å². The highest BCUT2D eigenvalue weighted by Gasteiger charge is 2.07. The first-order valence-corrected chi connectivity index (χ1v) is 6.92. The van der Waals surface area contributed by atoms with Crippen LogP contribution in [0, 0.1) is 5.82 Å². The first kappa shape index (κ1) is 13.8. The summed E-state index contributed by atoms with van der Waals surface area (Å²) >= 11 is 7.58. The molecule has 0 aliphatic carbocycles. The quantitative estimate of drug-likeness (QED) is 0.838. The van der Waals surface area contributed by atoms with Crippen LogP contribution in [0.1, 0.15) is 19.4 Å². The molecule has 1 unspecified atom stereocenters. The molecule has 0 spiro atoms. The van der Waals surface area contributed by atoms with Crippen molar-refractivity contribution in [1.29, 1.82) is 0 Å². The summed E-state index contributed by atoms with van der Waals surface area (Å²) in [4.78, 5) is 0. The second-order valence-electron chi connectivity index (χ2n) is 3.65. The number of halogens is 2. The van der Waals surface area contributed by atoms with Crippen LogP contribution in [0.15, 0.2) is 18.2 Å². The van der Waals surface area contributed by atoms with Gasteiger partial charge in [0.1, 0.15) is 5.82 Å². The van der Waals surface area contributed by atoms with Crippen LogP contribution < -0.4 is 5.32 Å². The molecular formula is C12H17ClFNS. The molecule has 0 heterocycles. The van der Waals surface area contributed by atoms with Crippen molar-refractivity contribution in [3.05, 3.63) is 34.6 Å². The summed E-state index contributed by atoms with van der Waals surface area (Å²) in [6.45, 7) is 4.76. The second-order valence-corrected chi connectivity index (χ2v) is 5.38. The molecule has 16 heavy (non-hydrogen) atoms. The van der Waals surface area contributed by atoms with Gasteiger partial charge in [0.25, 0.3) is 0 Å². The van der Waals surface area contributed by atoms with Gasteiger partial charge in [-0.05, 0) is 18.7 Å². The predicted octanol–water partition coefficient (Wildman–Crippen LogP) is 3.71. The Morgan fingerprint density at radius 1 is 1.50 bits per heavy atom. The Bertz CT molecular complexity index is 333. The minimum absolute atomic E-state index is 0.190. The highest BCUT2D eigenvalue weighted by molar-refractivity contribution is 7.99. The zero-order chi connectivity index (χ0) is 12.0. The molecule has 0 aliphatic heterocycles. The van der Waals surface area contributed by atoms with E-state index < -0.39 is 0 Å². The monoisotopic (exact) mass is 261 g/mol.